The number of H-pyrrole nitrogens is 1. The molecule has 1 N–H and O–H groups in total. The third-order valence-corrected chi connectivity index (χ3v) is 5.24. The van der Waals surface area contributed by atoms with Crippen LogP contribution in [0.2, 0.25) is 0 Å². The Bertz CT molecular complexity index is 1060. The lowest BCUT2D eigenvalue weighted by atomic mass is 10.0. The van der Waals surface area contributed by atoms with Gasteiger partial charge in [-0.25, -0.2) is 4.98 Å². The van der Waals surface area contributed by atoms with Gasteiger partial charge in [-0.3, -0.25) is 9.69 Å². The number of rotatable bonds is 7. The van der Waals surface area contributed by atoms with Crippen LogP contribution in [0, 0.1) is 0 Å². The van der Waals surface area contributed by atoms with Crippen LogP contribution in [0.15, 0.2) is 53.3 Å². The van der Waals surface area contributed by atoms with Crippen molar-refractivity contribution in [3.8, 4) is 22.9 Å². The lowest BCUT2D eigenvalue weighted by Crippen LogP contribution is -2.35. The third kappa shape index (κ3) is 4.24. The van der Waals surface area contributed by atoms with Gasteiger partial charge in [0.05, 0.1) is 18.9 Å². The van der Waals surface area contributed by atoms with Crippen LogP contribution in [0.25, 0.3) is 11.4 Å². The first-order valence-corrected chi connectivity index (χ1v) is 10.5. The van der Waals surface area contributed by atoms with E-state index in [1.54, 1.807) is 0 Å². The molecule has 0 aliphatic carbocycles. The fourth-order valence-corrected chi connectivity index (χ4v) is 3.87. The Labute approximate surface area is 176 Å². The van der Waals surface area contributed by atoms with Crippen molar-refractivity contribution >= 4 is 0 Å². The molecular formula is C24H27N3O3. The Morgan fingerprint density at radius 1 is 1.03 bits per heavy atom. The van der Waals surface area contributed by atoms with E-state index >= 15 is 0 Å². The molecule has 1 aliphatic heterocycles. The second kappa shape index (κ2) is 9.13. The molecule has 0 unspecified atom stereocenters. The van der Waals surface area contributed by atoms with E-state index in [0.717, 1.165) is 40.4 Å². The van der Waals surface area contributed by atoms with Gasteiger partial charge in [0.1, 0.15) is 5.82 Å². The largest absolute Gasteiger partial charge is 0.490 e. The fraction of sp³-hybridized carbons (Fsp3) is 0.333. The summed E-state index contributed by atoms with van der Waals surface area (Å²) < 4.78 is 11.7. The van der Waals surface area contributed by atoms with Crippen LogP contribution in [0.3, 0.4) is 0 Å². The average molecular weight is 405 g/mol. The van der Waals surface area contributed by atoms with E-state index in [9.17, 15) is 4.79 Å². The van der Waals surface area contributed by atoms with Crippen molar-refractivity contribution in [1.29, 1.82) is 0 Å². The molecule has 2 heterocycles. The third-order valence-electron chi connectivity index (χ3n) is 5.24. The average Bonchev–Trinajstić information content (AvgIpc) is 2.76. The van der Waals surface area contributed by atoms with Gasteiger partial charge in [0, 0.05) is 36.3 Å². The predicted molar refractivity (Wildman–Crippen MR) is 117 cm³/mol. The summed E-state index contributed by atoms with van der Waals surface area (Å²) in [6.07, 6.45) is 0.682. The van der Waals surface area contributed by atoms with Crippen molar-refractivity contribution in [2.75, 3.05) is 19.8 Å². The molecule has 0 amide bonds. The Kier molecular flexibility index (Phi) is 6.14. The molecule has 6 nitrogen and oxygen atoms in total. The Hall–Kier alpha value is -3.12. The van der Waals surface area contributed by atoms with E-state index in [1.807, 2.05) is 56.3 Å². The number of nitrogens with zero attached hydrogens (tertiary/aromatic N) is 2. The van der Waals surface area contributed by atoms with Gasteiger partial charge in [-0.1, -0.05) is 42.5 Å². The number of para-hydroxylation sites is 1. The van der Waals surface area contributed by atoms with Crippen LogP contribution in [-0.4, -0.2) is 34.6 Å². The highest BCUT2D eigenvalue weighted by Gasteiger charge is 2.23. The molecule has 6 heteroatoms. The molecule has 4 rings (SSSR count). The van der Waals surface area contributed by atoms with Gasteiger partial charge >= 0.3 is 0 Å². The highest BCUT2D eigenvalue weighted by molar-refractivity contribution is 5.55. The van der Waals surface area contributed by atoms with Gasteiger partial charge in [0.15, 0.2) is 11.5 Å². The van der Waals surface area contributed by atoms with Crippen molar-refractivity contribution < 1.29 is 9.47 Å². The van der Waals surface area contributed by atoms with Crippen LogP contribution in [0.1, 0.15) is 30.7 Å². The Morgan fingerprint density at radius 2 is 1.83 bits per heavy atom. The van der Waals surface area contributed by atoms with Crippen LogP contribution in [-0.2, 0) is 19.5 Å². The molecule has 1 aromatic heterocycles. The van der Waals surface area contributed by atoms with Gasteiger partial charge < -0.3 is 14.5 Å². The molecule has 1 aliphatic rings. The second-order valence-electron chi connectivity index (χ2n) is 7.28. The van der Waals surface area contributed by atoms with E-state index in [0.29, 0.717) is 38.5 Å². The predicted octanol–water partition coefficient (Wildman–Crippen LogP) is 3.79. The normalized spacial score (nSPS) is 13.7. The van der Waals surface area contributed by atoms with Crippen LogP contribution >= 0.6 is 0 Å². The fourth-order valence-electron chi connectivity index (χ4n) is 3.87. The van der Waals surface area contributed by atoms with Crippen LogP contribution in [0.5, 0.6) is 11.5 Å². The molecule has 0 atom stereocenters. The number of ether oxygens (including phenoxy) is 2. The second-order valence-corrected chi connectivity index (χ2v) is 7.28. The van der Waals surface area contributed by atoms with Crippen molar-refractivity contribution in [3.63, 3.8) is 0 Å². The highest BCUT2D eigenvalue weighted by Crippen LogP contribution is 2.33. The maximum Gasteiger partial charge on any atom is 0.254 e. The van der Waals surface area contributed by atoms with Crippen molar-refractivity contribution in [3.05, 3.63) is 75.7 Å². The summed E-state index contributed by atoms with van der Waals surface area (Å²) in [4.78, 5) is 22.7. The SMILES string of the molecule is CCOc1cccc(CN2CCc3c(nc(-c4ccccc4)[nH]c3=O)C2)c1OCC. The standard InChI is InChI=1S/C24H27N3O3/c1-3-29-21-12-8-11-18(22(21)30-4-2)15-27-14-13-19-20(16-27)25-23(26-24(19)28)17-9-6-5-7-10-17/h5-12H,3-4,13-16H2,1-2H3,(H,25,26,28). The zero-order valence-electron chi connectivity index (χ0n) is 17.5. The molecule has 30 heavy (non-hydrogen) atoms. The quantitative estimate of drug-likeness (QED) is 0.648. The monoisotopic (exact) mass is 405 g/mol. The summed E-state index contributed by atoms with van der Waals surface area (Å²) in [6.45, 7) is 7.26. The molecule has 0 radical (unpaired) electrons. The Morgan fingerprint density at radius 3 is 2.60 bits per heavy atom. The van der Waals surface area contributed by atoms with Crippen LogP contribution in [0.4, 0.5) is 0 Å². The number of hydrogen-bond acceptors (Lipinski definition) is 5. The van der Waals surface area contributed by atoms with E-state index in [1.165, 1.54) is 0 Å². The zero-order chi connectivity index (χ0) is 20.9. The maximum atomic E-state index is 12.6. The van der Waals surface area contributed by atoms with Crippen LogP contribution < -0.4 is 15.0 Å². The molecule has 0 fully saturated rings. The first kappa shape index (κ1) is 20.2. The molecule has 0 saturated heterocycles. The van der Waals surface area contributed by atoms with E-state index in [2.05, 4.69) is 16.0 Å². The molecule has 0 saturated carbocycles. The summed E-state index contributed by atoms with van der Waals surface area (Å²) in [5.74, 6) is 2.20. The van der Waals surface area contributed by atoms with Crippen molar-refractivity contribution in [1.82, 2.24) is 14.9 Å². The maximum absolute atomic E-state index is 12.6. The lowest BCUT2D eigenvalue weighted by molar-refractivity contribution is 0.231. The summed E-state index contributed by atoms with van der Waals surface area (Å²) in [6, 6.07) is 15.8. The van der Waals surface area contributed by atoms with Crippen molar-refractivity contribution in [2.24, 2.45) is 0 Å². The van der Waals surface area contributed by atoms with Gasteiger partial charge in [0.2, 0.25) is 0 Å². The number of benzene rings is 2. The minimum absolute atomic E-state index is 0.0353. The summed E-state index contributed by atoms with van der Waals surface area (Å²) in [7, 11) is 0. The molecular weight excluding hydrogens is 378 g/mol. The molecule has 2 aromatic carbocycles. The topological polar surface area (TPSA) is 67.5 Å². The van der Waals surface area contributed by atoms with E-state index in [4.69, 9.17) is 14.5 Å². The van der Waals surface area contributed by atoms with E-state index in [-0.39, 0.29) is 5.56 Å². The number of hydrogen-bond donors (Lipinski definition) is 1. The molecule has 3 aromatic rings. The van der Waals surface area contributed by atoms with Gasteiger partial charge in [-0.2, -0.15) is 0 Å². The molecule has 0 bridgehead atoms. The number of nitrogens with one attached hydrogen (secondary N) is 1. The number of aromatic nitrogens is 2. The van der Waals surface area contributed by atoms with Gasteiger partial charge in [0.25, 0.3) is 5.56 Å². The minimum Gasteiger partial charge on any atom is -0.490 e. The molecule has 0 spiro atoms. The molecule has 156 valence electrons. The first-order chi connectivity index (χ1) is 14.7. The summed E-state index contributed by atoms with van der Waals surface area (Å²) >= 11 is 0. The van der Waals surface area contributed by atoms with Crippen molar-refractivity contribution in [2.45, 2.75) is 33.4 Å². The van der Waals surface area contributed by atoms with Gasteiger partial charge in [-0.05, 0) is 26.3 Å². The number of aromatic amines is 1. The smallest absolute Gasteiger partial charge is 0.254 e. The summed E-state index contributed by atoms with van der Waals surface area (Å²) in [5, 5.41) is 0. The number of fused-ring (bicyclic) bond motifs is 1. The lowest BCUT2D eigenvalue weighted by Gasteiger charge is -2.28. The zero-order valence-corrected chi connectivity index (χ0v) is 17.5. The highest BCUT2D eigenvalue weighted by atomic mass is 16.5. The van der Waals surface area contributed by atoms with Gasteiger partial charge in [-0.15, -0.1) is 0 Å². The van der Waals surface area contributed by atoms with E-state index < -0.39 is 0 Å². The first-order valence-electron chi connectivity index (χ1n) is 10.5. The Balaban J connectivity index is 1.60. The summed E-state index contributed by atoms with van der Waals surface area (Å²) in [5.41, 5.74) is 3.60. The minimum atomic E-state index is -0.0353.